The highest BCUT2D eigenvalue weighted by Gasteiger charge is 2.30. The predicted molar refractivity (Wildman–Crippen MR) is 76.8 cm³/mol. The Hall–Kier alpha value is -1.42. The van der Waals surface area contributed by atoms with Crippen LogP contribution in [0, 0.1) is 0 Å². The number of carbonyl (C=O) groups excluding carboxylic acids is 1. The molecule has 1 unspecified atom stereocenters. The van der Waals surface area contributed by atoms with Crippen LogP contribution in [0.3, 0.4) is 0 Å². The van der Waals surface area contributed by atoms with Crippen molar-refractivity contribution in [1.29, 1.82) is 0 Å². The van der Waals surface area contributed by atoms with E-state index in [1.807, 2.05) is 17.0 Å². The van der Waals surface area contributed by atoms with E-state index in [1.54, 1.807) is 6.07 Å². The normalized spacial score (nSPS) is 21.6. The average Bonchev–Trinajstić information content (AvgIpc) is 2.53. The standard InChI is InChI=1S/C15H18ClNO3/c16-10-11-4-1-2-7-17(11)15(18)12-5-3-6-13-14(12)20-9-8-19-13/h3,5-6,11H,1-2,4,7-10H2. The fraction of sp³-hybridized carbons (Fsp3) is 0.533. The second-order valence-electron chi connectivity index (χ2n) is 5.13. The van der Waals surface area contributed by atoms with Gasteiger partial charge in [-0.15, -0.1) is 11.6 Å². The third kappa shape index (κ3) is 2.44. The van der Waals surface area contributed by atoms with Crippen LogP contribution in [0.1, 0.15) is 29.6 Å². The Morgan fingerprint density at radius 2 is 2.15 bits per heavy atom. The van der Waals surface area contributed by atoms with Gasteiger partial charge in [-0.2, -0.15) is 0 Å². The molecule has 1 fully saturated rings. The molecular formula is C15H18ClNO3. The Kier molecular flexibility index (Phi) is 4.01. The van der Waals surface area contributed by atoms with Crippen molar-refractivity contribution in [3.8, 4) is 11.5 Å². The number of likely N-dealkylation sites (tertiary alicyclic amines) is 1. The molecule has 1 aromatic rings. The molecule has 0 aromatic heterocycles. The fourth-order valence-electron chi connectivity index (χ4n) is 2.83. The number of piperidine rings is 1. The molecule has 4 nitrogen and oxygen atoms in total. The van der Waals surface area contributed by atoms with E-state index in [9.17, 15) is 4.79 Å². The fourth-order valence-corrected chi connectivity index (χ4v) is 3.15. The van der Waals surface area contributed by atoms with Gasteiger partial charge in [-0.25, -0.2) is 0 Å². The van der Waals surface area contributed by atoms with Crippen molar-refractivity contribution in [1.82, 2.24) is 4.90 Å². The summed E-state index contributed by atoms with van der Waals surface area (Å²) in [5.41, 5.74) is 0.583. The number of alkyl halides is 1. The molecule has 2 aliphatic rings. The number of carbonyl (C=O) groups is 1. The number of hydrogen-bond acceptors (Lipinski definition) is 3. The highest BCUT2D eigenvalue weighted by molar-refractivity contribution is 6.18. The molecule has 5 heteroatoms. The molecule has 1 atom stereocenters. The van der Waals surface area contributed by atoms with Gasteiger partial charge in [-0.05, 0) is 31.4 Å². The lowest BCUT2D eigenvalue weighted by Gasteiger charge is -2.35. The van der Waals surface area contributed by atoms with Crippen molar-refractivity contribution < 1.29 is 14.3 Å². The Morgan fingerprint density at radius 1 is 1.30 bits per heavy atom. The van der Waals surface area contributed by atoms with Gasteiger partial charge >= 0.3 is 0 Å². The van der Waals surface area contributed by atoms with Crippen molar-refractivity contribution in [2.24, 2.45) is 0 Å². The van der Waals surface area contributed by atoms with Gasteiger partial charge in [0.15, 0.2) is 11.5 Å². The summed E-state index contributed by atoms with van der Waals surface area (Å²) in [4.78, 5) is 14.7. The number of hydrogen-bond donors (Lipinski definition) is 0. The van der Waals surface area contributed by atoms with Crippen molar-refractivity contribution >= 4 is 17.5 Å². The molecule has 0 N–H and O–H groups in total. The Bertz CT molecular complexity index is 506. The highest BCUT2D eigenvalue weighted by atomic mass is 35.5. The number of amides is 1. The lowest BCUT2D eigenvalue weighted by atomic mass is 10.0. The van der Waals surface area contributed by atoms with Crippen molar-refractivity contribution in [2.45, 2.75) is 25.3 Å². The Morgan fingerprint density at radius 3 is 3.00 bits per heavy atom. The minimum atomic E-state index is -0.00213. The van der Waals surface area contributed by atoms with E-state index in [2.05, 4.69) is 0 Å². The van der Waals surface area contributed by atoms with Crippen LogP contribution in [0.5, 0.6) is 11.5 Å². The van der Waals surface area contributed by atoms with Crippen LogP contribution in [-0.4, -0.2) is 42.5 Å². The summed E-state index contributed by atoms with van der Waals surface area (Å²) >= 11 is 6.00. The minimum absolute atomic E-state index is 0.00213. The predicted octanol–water partition coefficient (Wildman–Crippen LogP) is 2.69. The molecule has 0 saturated carbocycles. The zero-order valence-corrected chi connectivity index (χ0v) is 12.1. The molecule has 108 valence electrons. The molecule has 1 aromatic carbocycles. The van der Waals surface area contributed by atoms with E-state index in [1.165, 1.54) is 0 Å². The van der Waals surface area contributed by atoms with Crippen LogP contribution in [0.4, 0.5) is 0 Å². The van der Waals surface area contributed by atoms with Crippen LogP contribution >= 0.6 is 11.6 Å². The molecule has 20 heavy (non-hydrogen) atoms. The van der Waals surface area contributed by atoms with E-state index >= 15 is 0 Å². The number of rotatable bonds is 2. The summed E-state index contributed by atoms with van der Waals surface area (Å²) in [5.74, 6) is 1.71. The summed E-state index contributed by atoms with van der Waals surface area (Å²) < 4.78 is 11.2. The summed E-state index contributed by atoms with van der Waals surface area (Å²) in [6.07, 6.45) is 3.14. The van der Waals surface area contributed by atoms with E-state index in [0.29, 0.717) is 36.2 Å². The molecule has 0 aliphatic carbocycles. The van der Waals surface area contributed by atoms with E-state index in [-0.39, 0.29) is 11.9 Å². The van der Waals surface area contributed by atoms with Crippen molar-refractivity contribution in [3.63, 3.8) is 0 Å². The van der Waals surface area contributed by atoms with E-state index in [0.717, 1.165) is 25.8 Å². The largest absolute Gasteiger partial charge is 0.486 e. The highest BCUT2D eigenvalue weighted by Crippen LogP contribution is 2.35. The first-order chi connectivity index (χ1) is 9.81. The summed E-state index contributed by atoms with van der Waals surface area (Å²) in [7, 11) is 0. The minimum Gasteiger partial charge on any atom is -0.486 e. The van der Waals surface area contributed by atoms with Crippen molar-refractivity contribution in [3.05, 3.63) is 23.8 Å². The van der Waals surface area contributed by atoms with Gasteiger partial charge in [-0.3, -0.25) is 4.79 Å². The third-order valence-corrected chi connectivity index (χ3v) is 4.22. The Balaban J connectivity index is 1.90. The number of para-hydroxylation sites is 1. The maximum absolute atomic E-state index is 12.8. The molecule has 2 aliphatic heterocycles. The maximum atomic E-state index is 12.8. The number of nitrogens with zero attached hydrogens (tertiary/aromatic N) is 1. The second-order valence-corrected chi connectivity index (χ2v) is 5.44. The van der Waals surface area contributed by atoms with Gasteiger partial charge in [0.1, 0.15) is 13.2 Å². The van der Waals surface area contributed by atoms with Crippen LogP contribution in [-0.2, 0) is 0 Å². The van der Waals surface area contributed by atoms with Gasteiger partial charge in [-0.1, -0.05) is 6.07 Å². The number of benzene rings is 1. The Labute approximate surface area is 123 Å². The summed E-state index contributed by atoms with van der Waals surface area (Å²) in [6, 6.07) is 5.59. The zero-order chi connectivity index (χ0) is 13.9. The lowest BCUT2D eigenvalue weighted by molar-refractivity contribution is 0.0629. The van der Waals surface area contributed by atoms with E-state index in [4.69, 9.17) is 21.1 Å². The second kappa shape index (κ2) is 5.92. The van der Waals surface area contributed by atoms with Gasteiger partial charge in [0.2, 0.25) is 0 Å². The number of fused-ring (bicyclic) bond motifs is 1. The van der Waals surface area contributed by atoms with Gasteiger partial charge < -0.3 is 14.4 Å². The van der Waals surface area contributed by atoms with Crippen LogP contribution < -0.4 is 9.47 Å². The third-order valence-electron chi connectivity index (χ3n) is 3.86. The topological polar surface area (TPSA) is 38.8 Å². The SMILES string of the molecule is O=C(c1cccc2c1OCCO2)N1CCCCC1CCl. The van der Waals surface area contributed by atoms with E-state index < -0.39 is 0 Å². The summed E-state index contributed by atoms with van der Waals surface area (Å²) in [5, 5.41) is 0. The molecule has 1 saturated heterocycles. The van der Waals surface area contributed by atoms with Crippen LogP contribution in [0.15, 0.2) is 18.2 Å². The first-order valence-electron chi connectivity index (χ1n) is 7.07. The smallest absolute Gasteiger partial charge is 0.258 e. The molecular weight excluding hydrogens is 278 g/mol. The molecule has 3 rings (SSSR count). The van der Waals surface area contributed by atoms with Gasteiger partial charge in [0.05, 0.1) is 5.56 Å². The number of ether oxygens (including phenoxy) is 2. The zero-order valence-electron chi connectivity index (χ0n) is 11.3. The average molecular weight is 296 g/mol. The van der Waals surface area contributed by atoms with Crippen LogP contribution in [0.25, 0.3) is 0 Å². The lowest BCUT2D eigenvalue weighted by Crippen LogP contribution is -2.45. The number of halogens is 1. The molecule has 2 heterocycles. The molecule has 1 amide bonds. The van der Waals surface area contributed by atoms with Crippen LogP contribution in [0.2, 0.25) is 0 Å². The first-order valence-corrected chi connectivity index (χ1v) is 7.60. The molecule has 0 bridgehead atoms. The first kappa shape index (κ1) is 13.6. The van der Waals surface area contributed by atoms with Gasteiger partial charge in [0.25, 0.3) is 5.91 Å². The quantitative estimate of drug-likeness (QED) is 0.788. The molecule has 0 radical (unpaired) electrons. The summed E-state index contributed by atoms with van der Waals surface area (Å²) in [6.45, 7) is 1.77. The van der Waals surface area contributed by atoms with Crippen molar-refractivity contribution in [2.75, 3.05) is 25.6 Å². The maximum Gasteiger partial charge on any atom is 0.258 e. The monoisotopic (exact) mass is 295 g/mol. The van der Waals surface area contributed by atoms with Gasteiger partial charge in [0, 0.05) is 18.5 Å². The molecule has 0 spiro atoms.